The van der Waals surface area contributed by atoms with E-state index in [-0.39, 0.29) is 17.9 Å². The monoisotopic (exact) mass is 402 g/mol. The molecule has 1 atom stereocenters. The van der Waals surface area contributed by atoms with Crippen LogP contribution in [0.3, 0.4) is 0 Å². The smallest absolute Gasteiger partial charge is 0.240 e. The van der Waals surface area contributed by atoms with E-state index >= 15 is 0 Å². The Labute approximate surface area is 176 Å². The van der Waals surface area contributed by atoms with Crippen LogP contribution in [0, 0.1) is 23.2 Å². The van der Waals surface area contributed by atoms with Crippen LogP contribution in [0.1, 0.15) is 71.6 Å². The fraction of sp³-hybridized carbons (Fsp3) is 0.870. The predicted octanol–water partition coefficient (Wildman–Crippen LogP) is 3.03. The first-order chi connectivity index (χ1) is 13.9. The molecule has 3 rings (SSSR count). The summed E-state index contributed by atoms with van der Waals surface area (Å²) in [6.45, 7) is 7.56. The topological polar surface area (TPSA) is 67.6 Å². The SMILES string of the molecule is CC1CCC(C#N)(N(C)C(=O)C(C)N2CCC(C(=O)N3CCCCC3)CC2)CC1. The third-order valence-corrected chi connectivity index (χ3v) is 7.73. The van der Waals surface area contributed by atoms with Gasteiger partial charge in [-0.25, -0.2) is 0 Å². The summed E-state index contributed by atoms with van der Waals surface area (Å²) in [5.74, 6) is 1.10. The van der Waals surface area contributed by atoms with Crippen molar-refractivity contribution in [1.82, 2.24) is 14.7 Å². The van der Waals surface area contributed by atoms with Gasteiger partial charge in [0.15, 0.2) is 0 Å². The maximum absolute atomic E-state index is 13.2. The predicted molar refractivity (Wildman–Crippen MR) is 113 cm³/mol. The first-order valence-corrected chi connectivity index (χ1v) is 11.6. The maximum Gasteiger partial charge on any atom is 0.240 e. The molecule has 6 heteroatoms. The number of nitriles is 1. The number of likely N-dealkylation sites (tertiary alicyclic amines) is 2. The van der Waals surface area contributed by atoms with Gasteiger partial charge in [0, 0.05) is 26.1 Å². The lowest BCUT2D eigenvalue weighted by Crippen LogP contribution is -2.57. The number of piperidine rings is 2. The van der Waals surface area contributed by atoms with Gasteiger partial charge in [-0.3, -0.25) is 14.5 Å². The number of hydrogen-bond donors (Lipinski definition) is 0. The van der Waals surface area contributed by atoms with E-state index in [1.54, 1.807) is 4.90 Å². The summed E-state index contributed by atoms with van der Waals surface area (Å²) >= 11 is 0. The van der Waals surface area contributed by atoms with E-state index in [9.17, 15) is 14.9 Å². The molecule has 0 bridgehead atoms. The normalized spacial score (nSPS) is 30.4. The third kappa shape index (κ3) is 4.77. The second-order valence-corrected chi connectivity index (χ2v) is 9.60. The average Bonchev–Trinajstić information content (AvgIpc) is 2.78. The highest BCUT2D eigenvalue weighted by molar-refractivity contribution is 5.82. The second-order valence-electron chi connectivity index (χ2n) is 9.60. The third-order valence-electron chi connectivity index (χ3n) is 7.73. The lowest BCUT2D eigenvalue weighted by molar-refractivity contribution is -0.142. The van der Waals surface area contributed by atoms with E-state index in [2.05, 4.69) is 17.9 Å². The Bertz CT molecular complexity index is 621. The molecule has 1 unspecified atom stereocenters. The minimum atomic E-state index is -0.652. The number of carbonyl (C=O) groups excluding carboxylic acids is 2. The molecule has 29 heavy (non-hydrogen) atoms. The molecule has 2 heterocycles. The maximum atomic E-state index is 13.2. The van der Waals surface area contributed by atoms with E-state index in [1.807, 2.05) is 18.9 Å². The molecule has 2 amide bonds. The van der Waals surface area contributed by atoms with E-state index < -0.39 is 5.54 Å². The van der Waals surface area contributed by atoms with E-state index in [4.69, 9.17) is 0 Å². The van der Waals surface area contributed by atoms with Gasteiger partial charge in [-0.1, -0.05) is 6.92 Å². The van der Waals surface area contributed by atoms with Crippen LogP contribution < -0.4 is 0 Å². The van der Waals surface area contributed by atoms with Crippen molar-refractivity contribution in [3.8, 4) is 6.07 Å². The lowest BCUT2D eigenvalue weighted by atomic mass is 9.77. The van der Waals surface area contributed by atoms with E-state index in [1.165, 1.54) is 6.42 Å². The van der Waals surface area contributed by atoms with Gasteiger partial charge in [0.05, 0.1) is 12.1 Å². The molecule has 6 nitrogen and oxygen atoms in total. The summed E-state index contributed by atoms with van der Waals surface area (Å²) in [5.41, 5.74) is -0.652. The first-order valence-electron chi connectivity index (χ1n) is 11.6. The molecular formula is C23H38N4O2. The van der Waals surface area contributed by atoms with Crippen LogP contribution in [0.2, 0.25) is 0 Å². The lowest BCUT2D eigenvalue weighted by Gasteiger charge is -2.44. The summed E-state index contributed by atoms with van der Waals surface area (Å²) < 4.78 is 0. The Hall–Kier alpha value is -1.61. The van der Waals surface area contributed by atoms with Crippen molar-refractivity contribution in [2.75, 3.05) is 33.2 Å². The number of rotatable bonds is 4. The molecule has 0 spiro atoms. The van der Waals surface area contributed by atoms with Gasteiger partial charge in [-0.05, 0) is 83.7 Å². The van der Waals surface area contributed by atoms with Crippen molar-refractivity contribution in [1.29, 1.82) is 5.26 Å². The number of hydrogen-bond acceptors (Lipinski definition) is 4. The van der Waals surface area contributed by atoms with Crippen molar-refractivity contribution in [2.24, 2.45) is 11.8 Å². The van der Waals surface area contributed by atoms with E-state index in [0.29, 0.717) is 11.8 Å². The molecule has 0 aromatic rings. The summed E-state index contributed by atoms with van der Waals surface area (Å²) in [7, 11) is 1.81. The first kappa shape index (κ1) is 22.1. The Morgan fingerprint density at radius 3 is 2.17 bits per heavy atom. The van der Waals surface area contributed by atoms with Gasteiger partial charge in [-0.15, -0.1) is 0 Å². The fourth-order valence-corrected chi connectivity index (χ4v) is 5.32. The molecule has 0 aromatic heterocycles. The van der Waals surface area contributed by atoms with E-state index in [0.717, 1.165) is 77.5 Å². The Morgan fingerprint density at radius 2 is 1.62 bits per heavy atom. The quantitative estimate of drug-likeness (QED) is 0.725. The van der Waals surface area contributed by atoms with Gasteiger partial charge in [0.2, 0.25) is 11.8 Å². The summed E-state index contributed by atoms with van der Waals surface area (Å²) in [6.07, 6.45) is 8.70. The second kappa shape index (κ2) is 9.47. The van der Waals surface area contributed by atoms with Crippen molar-refractivity contribution in [2.45, 2.75) is 83.2 Å². The van der Waals surface area contributed by atoms with Crippen LogP contribution in [0.5, 0.6) is 0 Å². The molecule has 2 saturated heterocycles. The van der Waals surface area contributed by atoms with Crippen molar-refractivity contribution < 1.29 is 9.59 Å². The molecule has 3 fully saturated rings. The van der Waals surface area contributed by atoms with Gasteiger partial charge in [0.1, 0.15) is 5.54 Å². The standard InChI is InChI=1S/C23H38N4O2/c1-18-7-11-23(17-24,12-8-18)25(3)21(28)19(2)26-15-9-20(10-16-26)22(29)27-13-5-4-6-14-27/h18-20H,4-16H2,1-3H3. The molecule has 1 saturated carbocycles. The molecule has 0 N–H and O–H groups in total. The molecule has 3 aliphatic rings. The Morgan fingerprint density at radius 1 is 1.03 bits per heavy atom. The molecule has 162 valence electrons. The minimum absolute atomic E-state index is 0.0434. The number of amides is 2. The minimum Gasteiger partial charge on any atom is -0.342 e. The molecular weight excluding hydrogens is 364 g/mol. The summed E-state index contributed by atoms with van der Waals surface area (Å²) in [4.78, 5) is 32.0. The molecule has 2 aliphatic heterocycles. The summed E-state index contributed by atoms with van der Waals surface area (Å²) in [6, 6.07) is 2.23. The fourth-order valence-electron chi connectivity index (χ4n) is 5.32. The van der Waals surface area contributed by atoms with Crippen molar-refractivity contribution >= 4 is 11.8 Å². The van der Waals surface area contributed by atoms with Gasteiger partial charge < -0.3 is 9.80 Å². The van der Waals surface area contributed by atoms with Crippen LogP contribution in [-0.2, 0) is 9.59 Å². The van der Waals surface area contributed by atoms with Gasteiger partial charge in [0.25, 0.3) is 0 Å². The molecule has 0 radical (unpaired) electrons. The van der Waals surface area contributed by atoms with Gasteiger partial charge in [-0.2, -0.15) is 5.26 Å². The highest BCUT2D eigenvalue weighted by atomic mass is 16.2. The number of nitrogens with zero attached hydrogens (tertiary/aromatic N) is 4. The highest BCUT2D eigenvalue weighted by Crippen LogP contribution is 2.36. The zero-order valence-corrected chi connectivity index (χ0v) is 18.5. The van der Waals surface area contributed by atoms with Crippen LogP contribution in [0.4, 0.5) is 0 Å². The largest absolute Gasteiger partial charge is 0.342 e. The van der Waals surface area contributed by atoms with Gasteiger partial charge >= 0.3 is 0 Å². The van der Waals surface area contributed by atoms with Crippen LogP contribution in [-0.4, -0.2) is 71.3 Å². The molecule has 0 aromatic carbocycles. The zero-order valence-electron chi connectivity index (χ0n) is 18.5. The van der Waals surface area contributed by atoms with Crippen molar-refractivity contribution in [3.63, 3.8) is 0 Å². The Balaban J connectivity index is 1.54. The van der Waals surface area contributed by atoms with Crippen LogP contribution >= 0.6 is 0 Å². The number of likely N-dealkylation sites (N-methyl/N-ethyl adjacent to an activating group) is 1. The summed E-state index contributed by atoms with van der Waals surface area (Å²) in [5, 5.41) is 9.86. The Kier molecular flexibility index (Phi) is 7.21. The zero-order chi connectivity index (χ0) is 21.0. The van der Waals surface area contributed by atoms with Crippen molar-refractivity contribution in [3.05, 3.63) is 0 Å². The highest BCUT2D eigenvalue weighted by Gasteiger charge is 2.43. The molecule has 1 aliphatic carbocycles. The average molecular weight is 403 g/mol. The van der Waals surface area contributed by atoms with Crippen LogP contribution in [0.15, 0.2) is 0 Å². The van der Waals surface area contributed by atoms with Crippen LogP contribution in [0.25, 0.3) is 0 Å². The number of carbonyl (C=O) groups is 2.